The van der Waals surface area contributed by atoms with E-state index in [-0.39, 0.29) is 17.2 Å². The number of aromatic nitrogens is 3. The van der Waals surface area contributed by atoms with Crippen LogP contribution in [0.15, 0.2) is 58.5 Å². The maximum atomic E-state index is 13.3. The summed E-state index contributed by atoms with van der Waals surface area (Å²) in [7, 11) is 0. The molecule has 0 spiro atoms. The lowest BCUT2D eigenvalue weighted by molar-refractivity contribution is -0.113. The molecule has 2 aromatic heterocycles. The number of H-pyrrole nitrogens is 1. The number of nitrogens with one attached hydrogen (secondary N) is 2. The minimum absolute atomic E-state index is 0.140. The Morgan fingerprint density at radius 3 is 2.42 bits per heavy atom. The van der Waals surface area contributed by atoms with Crippen molar-refractivity contribution in [3.8, 4) is 5.69 Å². The van der Waals surface area contributed by atoms with E-state index in [1.54, 1.807) is 4.57 Å². The topological polar surface area (TPSA) is 79.8 Å². The molecule has 0 radical (unpaired) electrons. The highest BCUT2D eigenvalue weighted by Gasteiger charge is 2.17. The van der Waals surface area contributed by atoms with Crippen molar-refractivity contribution in [1.29, 1.82) is 0 Å². The quantitative estimate of drug-likeness (QED) is 0.355. The second-order valence-corrected chi connectivity index (χ2v) is 8.63. The van der Waals surface area contributed by atoms with Crippen molar-refractivity contribution in [2.75, 3.05) is 11.1 Å². The van der Waals surface area contributed by atoms with Gasteiger partial charge in [0, 0.05) is 11.4 Å². The first kappa shape index (κ1) is 20.9. The number of para-hydroxylation sites is 1. The Kier molecular flexibility index (Phi) is 5.69. The van der Waals surface area contributed by atoms with Gasteiger partial charge < -0.3 is 10.3 Å². The Balaban J connectivity index is 1.68. The molecule has 4 aromatic rings. The molecule has 0 bridgehead atoms. The number of hydrogen-bond acceptors (Lipinski definition) is 4. The molecule has 2 N–H and O–H groups in total. The van der Waals surface area contributed by atoms with E-state index >= 15 is 0 Å². The largest absolute Gasteiger partial charge is 0.353 e. The molecule has 7 heteroatoms. The van der Waals surface area contributed by atoms with Gasteiger partial charge in [-0.3, -0.25) is 14.2 Å². The maximum Gasteiger partial charge on any atom is 0.283 e. The number of aryl methyl sites for hydroxylation is 4. The number of amides is 1. The number of aromatic amines is 1. The SMILES string of the molecule is Cc1ccc(-n2c(SCC(=O)Nc3c(C)cccc3C)nc3cc(C)[nH]c3c2=O)cc1. The Hall–Kier alpha value is -3.32. The molecule has 2 aromatic carbocycles. The van der Waals surface area contributed by atoms with Crippen LogP contribution in [0.3, 0.4) is 0 Å². The van der Waals surface area contributed by atoms with Crippen LogP contribution < -0.4 is 10.9 Å². The lowest BCUT2D eigenvalue weighted by Crippen LogP contribution is -2.23. The molecule has 0 saturated heterocycles. The van der Waals surface area contributed by atoms with Crippen LogP contribution in [-0.2, 0) is 4.79 Å². The number of rotatable bonds is 5. The summed E-state index contributed by atoms with van der Waals surface area (Å²) in [5, 5.41) is 3.47. The fourth-order valence-corrected chi connectivity index (χ4v) is 4.33. The molecule has 0 atom stereocenters. The van der Waals surface area contributed by atoms with Crippen molar-refractivity contribution < 1.29 is 4.79 Å². The highest BCUT2D eigenvalue weighted by Crippen LogP contribution is 2.24. The third kappa shape index (κ3) is 4.27. The number of benzene rings is 2. The van der Waals surface area contributed by atoms with Crippen LogP contribution in [0.1, 0.15) is 22.4 Å². The highest BCUT2D eigenvalue weighted by molar-refractivity contribution is 7.99. The number of thioether (sulfide) groups is 1. The van der Waals surface area contributed by atoms with Crippen molar-refractivity contribution in [1.82, 2.24) is 14.5 Å². The predicted molar refractivity (Wildman–Crippen MR) is 126 cm³/mol. The van der Waals surface area contributed by atoms with Crippen LogP contribution >= 0.6 is 11.8 Å². The summed E-state index contributed by atoms with van der Waals surface area (Å²) in [5.41, 5.74) is 6.41. The molecule has 158 valence electrons. The van der Waals surface area contributed by atoms with E-state index in [9.17, 15) is 9.59 Å². The van der Waals surface area contributed by atoms with Crippen LogP contribution in [0.2, 0.25) is 0 Å². The minimum atomic E-state index is -0.181. The van der Waals surface area contributed by atoms with Gasteiger partial charge in [-0.15, -0.1) is 0 Å². The molecule has 4 rings (SSSR count). The highest BCUT2D eigenvalue weighted by atomic mass is 32.2. The van der Waals surface area contributed by atoms with Gasteiger partial charge in [0.25, 0.3) is 5.56 Å². The number of anilines is 1. The van der Waals surface area contributed by atoms with Crippen molar-refractivity contribution in [2.24, 2.45) is 0 Å². The lowest BCUT2D eigenvalue weighted by atomic mass is 10.1. The molecular formula is C24H24N4O2S. The van der Waals surface area contributed by atoms with Gasteiger partial charge >= 0.3 is 0 Å². The molecule has 1 amide bonds. The smallest absolute Gasteiger partial charge is 0.283 e. The first-order valence-electron chi connectivity index (χ1n) is 10.0. The van der Waals surface area contributed by atoms with E-state index in [0.717, 1.165) is 33.8 Å². The van der Waals surface area contributed by atoms with Gasteiger partial charge in [0.15, 0.2) is 5.16 Å². The average molecular weight is 433 g/mol. The van der Waals surface area contributed by atoms with E-state index in [1.807, 2.05) is 76.2 Å². The van der Waals surface area contributed by atoms with Crippen molar-refractivity contribution in [3.05, 3.63) is 81.3 Å². The van der Waals surface area contributed by atoms with E-state index < -0.39 is 0 Å². The Labute approximate surface area is 184 Å². The van der Waals surface area contributed by atoms with Crippen LogP contribution in [0.5, 0.6) is 0 Å². The first-order valence-corrected chi connectivity index (χ1v) is 11.0. The summed E-state index contributed by atoms with van der Waals surface area (Å²) in [4.78, 5) is 33.7. The first-order chi connectivity index (χ1) is 14.8. The van der Waals surface area contributed by atoms with Gasteiger partial charge in [-0.2, -0.15) is 0 Å². The van der Waals surface area contributed by atoms with Gasteiger partial charge in [0.05, 0.1) is 17.0 Å². The monoisotopic (exact) mass is 432 g/mol. The van der Waals surface area contributed by atoms with E-state index in [2.05, 4.69) is 15.3 Å². The van der Waals surface area contributed by atoms with Gasteiger partial charge in [-0.25, -0.2) is 4.98 Å². The molecule has 31 heavy (non-hydrogen) atoms. The summed E-state index contributed by atoms with van der Waals surface area (Å²) in [6.07, 6.45) is 0. The third-order valence-electron chi connectivity index (χ3n) is 5.13. The molecule has 0 saturated carbocycles. The normalized spacial score (nSPS) is 11.1. The van der Waals surface area contributed by atoms with Gasteiger partial charge in [-0.1, -0.05) is 47.7 Å². The molecule has 0 aliphatic carbocycles. The average Bonchev–Trinajstić information content (AvgIpc) is 3.11. The molecule has 2 heterocycles. The molecule has 0 aliphatic rings. The Morgan fingerprint density at radius 1 is 1.06 bits per heavy atom. The lowest BCUT2D eigenvalue weighted by Gasteiger charge is -2.13. The molecule has 0 unspecified atom stereocenters. The second kappa shape index (κ2) is 8.43. The van der Waals surface area contributed by atoms with Crippen molar-refractivity contribution >= 4 is 34.4 Å². The number of nitrogens with zero attached hydrogens (tertiary/aromatic N) is 2. The van der Waals surface area contributed by atoms with Crippen molar-refractivity contribution in [2.45, 2.75) is 32.9 Å². The standard InChI is InChI=1S/C24H24N4O2S/c1-14-8-10-18(11-9-14)28-23(30)22-19(12-17(4)25-22)26-24(28)31-13-20(29)27-21-15(2)6-5-7-16(21)3/h5-12,25H,13H2,1-4H3,(H,27,29). The van der Waals surface area contributed by atoms with E-state index in [0.29, 0.717) is 16.2 Å². The van der Waals surface area contributed by atoms with Crippen LogP contribution in [0, 0.1) is 27.7 Å². The van der Waals surface area contributed by atoms with Crippen LogP contribution in [-0.4, -0.2) is 26.2 Å². The number of carbonyl (C=O) groups excluding carboxylic acids is 1. The zero-order valence-corrected chi connectivity index (χ0v) is 18.8. The number of hydrogen-bond donors (Lipinski definition) is 2. The van der Waals surface area contributed by atoms with Gasteiger partial charge in [0.1, 0.15) is 5.52 Å². The fourth-order valence-electron chi connectivity index (χ4n) is 3.51. The minimum Gasteiger partial charge on any atom is -0.353 e. The summed E-state index contributed by atoms with van der Waals surface area (Å²) in [6, 6.07) is 15.4. The Bertz CT molecular complexity index is 1320. The zero-order valence-electron chi connectivity index (χ0n) is 17.9. The third-order valence-corrected chi connectivity index (χ3v) is 6.06. The zero-order chi connectivity index (χ0) is 22.1. The predicted octanol–water partition coefficient (Wildman–Crippen LogP) is 4.68. The molecule has 6 nitrogen and oxygen atoms in total. The molecule has 0 aliphatic heterocycles. The Morgan fingerprint density at radius 2 is 1.74 bits per heavy atom. The van der Waals surface area contributed by atoms with Crippen LogP contribution in [0.4, 0.5) is 5.69 Å². The molecule has 0 fully saturated rings. The van der Waals surface area contributed by atoms with E-state index in [1.165, 1.54) is 11.8 Å². The van der Waals surface area contributed by atoms with Gasteiger partial charge in [-0.05, 0) is 57.0 Å². The summed E-state index contributed by atoms with van der Waals surface area (Å²) < 4.78 is 1.56. The number of fused-ring (bicyclic) bond motifs is 1. The summed E-state index contributed by atoms with van der Waals surface area (Å²) in [5.74, 6) is -0.00138. The van der Waals surface area contributed by atoms with Crippen LogP contribution in [0.25, 0.3) is 16.7 Å². The summed E-state index contributed by atoms with van der Waals surface area (Å²) >= 11 is 1.25. The van der Waals surface area contributed by atoms with Crippen molar-refractivity contribution in [3.63, 3.8) is 0 Å². The summed E-state index contributed by atoms with van der Waals surface area (Å²) in [6.45, 7) is 7.82. The van der Waals surface area contributed by atoms with E-state index in [4.69, 9.17) is 0 Å². The number of carbonyl (C=O) groups is 1. The molecular weight excluding hydrogens is 408 g/mol. The maximum absolute atomic E-state index is 13.3. The van der Waals surface area contributed by atoms with Gasteiger partial charge in [0.2, 0.25) is 5.91 Å². The fraction of sp³-hybridized carbons (Fsp3) is 0.208. The second-order valence-electron chi connectivity index (χ2n) is 7.69.